The molecule has 3 rings (SSSR count). The van der Waals surface area contributed by atoms with Gasteiger partial charge in [-0.25, -0.2) is 9.59 Å². The number of rotatable bonds is 6. The Morgan fingerprint density at radius 1 is 1.03 bits per heavy atom. The summed E-state index contributed by atoms with van der Waals surface area (Å²) >= 11 is 1.23. The van der Waals surface area contributed by atoms with Gasteiger partial charge in [-0.05, 0) is 24.3 Å². The van der Waals surface area contributed by atoms with Crippen molar-refractivity contribution in [1.82, 2.24) is 4.90 Å². The van der Waals surface area contributed by atoms with Crippen LogP contribution in [0.15, 0.2) is 24.3 Å². The second-order valence-electron chi connectivity index (χ2n) is 7.16. The molecule has 0 saturated carbocycles. The summed E-state index contributed by atoms with van der Waals surface area (Å²) in [6.07, 6.45) is 0. The van der Waals surface area contributed by atoms with Gasteiger partial charge in [-0.1, -0.05) is 0 Å². The first-order chi connectivity index (χ1) is 14.5. The van der Waals surface area contributed by atoms with Crippen molar-refractivity contribution in [3.05, 3.63) is 24.3 Å². The molecule has 2 atom stereocenters. The lowest BCUT2D eigenvalue weighted by Gasteiger charge is -2.34. The van der Waals surface area contributed by atoms with Crippen LogP contribution in [0.5, 0.6) is 5.75 Å². The second-order valence-corrected chi connectivity index (χ2v) is 8.27. The van der Waals surface area contributed by atoms with Crippen LogP contribution in [0, 0.1) is 0 Å². The van der Waals surface area contributed by atoms with Crippen LogP contribution in [-0.4, -0.2) is 94.0 Å². The van der Waals surface area contributed by atoms with Crippen LogP contribution in [0.3, 0.4) is 0 Å². The molecule has 0 bridgehead atoms. The number of methoxy groups -OCH3 is 3. The number of esters is 2. The molecule has 2 heterocycles. The van der Waals surface area contributed by atoms with E-state index < -0.39 is 23.4 Å². The molecule has 1 amide bonds. The molecule has 1 aromatic carbocycles. The maximum absolute atomic E-state index is 13.0. The highest BCUT2D eigenvalue weighted by molar-refractivity contribution is 8.00. The molecule has 2 saturated heterocycles. The Balaban J connectivity index is 1.60. The van der Waals surface area contributed by atoms with Crippen molar-refractivity contribution in [2.24, 2.45) is 0 Å². The van der Waals surface area contributed by atoms with E-state index in [1.807, 2.05) is 24.3 Å². The number of hydrogen-bond acceptors (Lipinski definition) is 8. The number of carbonyl (C=O) groups is 3. The third-order valence-corrected chi connectivity index (χ3v) is 6.72. The molecule has 2 aliphatic rings. The quantitative estimate of drug-likeness (QED) is 0.567. The standard InChI is InChI=1S/C20H27N3O6S/c1-27-15-6-4-14(5-7-15)22-10-8-21(9-11-22)12-17(24)23-16(19(25)28-2)13-30-18(23)20(26)29-3/h4-7,16,18H,8-13H2,1-3H3/p+1/t16-,18+/m1/s1. The van der Waals surface area contributed by atoms with E-state index in [1.165, 1.54) is 30.9 Å². The predicted octanol–water partition coefficient (Wildman–Crippen LogP) is -0.984. The normalized spacial score (nSPS) is 22.0. The fraction of sp³-hybridized carbons (Fsp3) is 0.550. The number of hydrogen-bond donors (Lipinski definition) is 1. The van der Waals surface area contributed by atoms with Gasteiger partial charge in [-0.3, -0.25) is 4.79 Å². The van der Waals surface area contributed by atoms with Gasteiger partial charge in [0.2, 0.25) is 0 Å². The van der Waals surface area contributed by atoms with E-state index in [2.05, 4.69) is 4.90 Å². The minimum absolute atomic E-state index is 0.220. The van der Waals surface area contributed by atoms with Crippen LogP contribution in [-0.2, 0) is 23.9 Å². The Morgan fingerprint density at radius 3 is 2.23 bits per heavy atom. The lowest BCUT2D eigenvalue weighted by molar-refractivity contribution is -0.892. The van der Waals surface area contributed by atoms with Gasteiger partial charge in [0.25, 0.3) is 5.91 Å². The fourth-order valence-electron chi connectivity index (χ4n) is 3.77. The van der Waals surface area contributed by atoms with E-state index in [0.29, 0.717) is 5.75 Å². The van der Waals surface area contributed by atoms with Gasteiger partial charge in [0.05, 0.1) is 47.5 Å². The summed E-state index contributed by atoms with van der Waals surface area (Å²) < 4.78 is 14.8. The van der Waals surface area contributed by atoms with Crippen molar-refractivity contribution in [3.63, 3.8) is 0 Å². The SMILES string of the molecule is COC(=O)[C@H]1CS[C@@H](C(=O)OC)N1C(=O)C[NH+]1CCN(c2ccc(OC)cc2)CC1. The molecule has 2 fully saturated rings. The minimum atomic E-state index is -0.813. The molecular formula is C20H28N3O6S+. The summed E-state index contributed by atoms with van der Waals surface area (Å²) in [5.74, 6) is -0.143. The average molecular weight is 439 g/mol. The Morgan fingerprint density at radius 2 is 1.67 bits per heavy atom. The molecule has 2 aliphatic heterocycles. The third-order valence-electron chi connectivity index (χ3n) is 5.47. The summed E-state index contributed by atoms with van der Waals surface area (Å²) in [4.78, 5) is 42.0. The van der Waals surface area contributed by atoms with E-state index in [-0.39, 0.29) is 12.5 Å². The maximum Gasteiger partial charge on any atom is 0.339 e. The number of quaternary nitrogens is 1. The maximum atomic E-state index is 13.0. The largest absolute Gasteiger partial charge is 0.497 e. The first-order valence-electron chi connectivity index (χ1n) is 9.79. The number of thioether (sulfide) groups is 1. The van der Waals surface area contributed by atoms with E-state index >= 15 is 0 Å². The topological polar surface area (TPSA) is 89.8 Å². The number of carbonyl (C=O) groups excluding carboxylic acids is 3. The smallest absolute Gasteiger partial charge is 0.339 e. The lowest BCUT2D eigenvalue weighted by atomic mass is 10.2. The number of nitrogens with one attached hydrogen (secondary N) is 1. The zero-order valence-corrected chi connectivity index (χ0v) is 18.3. The van der Waals surface area contributed by atoms with Crippen molar-refractivity contribution in [2.75, 3.05) is 64.7 Å². The summed E-state index contributed by atoms with van der Waals surface area (Å²) in [5.41, 5.74) is 1.12. The number of ether oxygens (including phenoxy) is 3. The Kier molecular flexibility index (Phi) is 7.43. The second kappa shape index (κ2) is 10.0. The van der Waals surface area contributed by atoms with Gasteiger partial charge in [0, 0.05) is 11.4 Å². The number of amides is 1. The highest BCUT2D eigenvalue weighted by atomic mass is 32.2. The Hall–Kier alpha value is -2.46. The zero-order chi connectivity index (χ0) is 21.7. The van der Waals surface area contributed by atoms with E-state index in [0.717, 1.165) is 42.5 Å². The van der Waals surface area contributed by atoms with Crippen molar-refractivity contribution >= 4 is 35.3 Å². The van der Waals surface area contributed by atoms with Crippen LogP contribution in [0.2, 0.25) is 0 Å². The van der Waals surface area contributed by atoms with Gasteiger partial charge in [-0.15, -0.1) is 11.8 Å². The molecular weight excluding hydrogens is 410 g/mol. The molecule has 30 heavy (non-hydrogen) atoms. The van der Waals surface area contributed by atoms with Gasteiger partial charge in [0.15, 0.2) is 11.9 Å². The van der Waals surface area contributed by atoms with Crippen molar-refractivity contribution in [2.45, 2.75) is 11.4 Å². The van der Waals surface area contributed by atoms with Crippen LogP contribution in [0.25, 0.3) is 0 Å². The van der Waals surface area contributed by atoms with Crippen LogP contribution in [0.1, 0.15) is 0 Å². The molecule has 0 aliphatic carbocycles. The molecule has 9 nitrogen and oxygen atoms in total. The van der Waals surface area contributed by atoms with Crippen LogP contribution < -0.4 is 14.5 Å². The van der Waals surface area contributed by atoms with E-state index in [4.69, 9.17) is 14.2 Å². The Labute approximate surface area is 180 Å². The lowest BCUT2D eigenvalue weighted by Crippen LogP contribution is -3.16. The minimum Gasteiger partial charge on any atom is -0.497 e. The molecule has 164 valence electrons. The summed E-state index contributed by atoms with van der Waals surface area (Å²) in [5, 5.41) is -0.813. The van der Waals surface area contributed by atoms with Crippen molar-refractivity contribution in [1.29, 1.82) is 0 Å². The van der Waals surface area contributed by atoms with E-state index in [9.17, 15) is 14.4 Å². The molecule has 1 aromatic rings. The number of anilines is 1. The molecule has 0 radical (unpaired) electrons. The third kappa shape index (κ3) is 4.81. The van der Waals surface area contributed by atoms with Gasteiger partial charge in [-0.2, -0.15) is 0 Å². The Bertz CT molecular complexity index is 742. The summed E-state index contributed by atoms with van der Waals surface area (Å²) in [6.45, 7) is 3.40. The van der Waals surface area contributed by atoms with E-state index in [1.54, 1.807) is 7.11 Å². The first-order valence-corrected chi connectivity index (χ1v) is 10.8. The van der Waals surface area contributed by atoms with Crippen LogP contribution >= 0.6 is 11.8 Å². The summed E-state index contributed by atoms with van der Waals surface area (Å²) in [7, 11) is 4.20. The first kappa shape index (κ1) is 22.2. The fourth-order valence-corrected chi connectivity index (χ4v) is 5.09. The van der Waals surface area contributed by atoms with Crippen molar-refractivity contribution < 1.29 is 33.5 Å². The van der Waals surface area contributed by atoms with Crippen molar-refractivity contribution in [3.8, 4) is 5.75 Å². The zero-order valence-electron chi connectivity index (χ0n) is 17.5. The molecule has 0 aromatic heterocycles. The van der Waals surface area contributed by atoms with Gasteiger partial charge in [0.1, 0.15) is 11.8 Å². The van der Waals surface area contributed by atoms with Gasteiger partial charge >= 0.3 is 11.9 Å². The summed E-state index contributed by atoms with van der Waals surface area (Å²) in [6, 6.07) is 7.15. The number of piperazine rings is 1. The molecule has 1 N–H and O–H groups in total. The predicted molar refractivity (Wildman–Crippen MR) is 112 cm³/mol. The number of benzene rings is 1. The highest BCUT2D eigenvalue weighted by Crippen LogP contribution is 2.30. The highest BCUT2D eigenvalue weighted by Gasteiger charge is 2.47. The molecule has 10 heteroatoms. The molecule has 0 spiro atoms. The number of nitrogens with zero attached hydrogens (tertiary/aromatic N) is 2. The molecule has 0 unspecified atom stereocenters. The average Bonchev–Trinajstić information content (AvgIpc) is 3.24. The monoisotopic (exact) mass is 438 g/mol. The van der Waals surface area contributed by atoms with Crippen LogP contribution in [0.4, 0.5) is 5.69 Å². The van der Waals surface area contributed by atoms with Gasteiger partial charge < -0.3 is 28.9 Å².